The van der Waals surface area contributed by atoms with Crippen LogP contribution in [0.25, 0.3) is 10.9 Å². The Labute approximate surface area is 124 Å². The molecular weight excluding hydrogens is 318 g/mol. The highest BCUT2D eigenvalue weighted by atomic mass is 79.9. The first kappa shape index (κ1) is 12.7. The van der Waals surface area contributed by atoms with Crippen LogP contribution in [0.2, 0.25) is 0 Å². The Balaban J connectivity index is 1.91. The minimum absolute atomic E-state index is 0.199. The number of hydrogen-bond donors (Lipinski definition) is 1. The molecule has 0 aliphatic heterocycles. The number of rotatable bonds is 2. The molecule has 0 aliphatic carbocycles. The first-order valence-electron chi connectivity index (χ1n) is 6.01. The SMILES string of the molecule is O=C(Nc1ncccc1Br)c1ccc2ncccc2c1. The van der Waals surface area contributed by atoms with Crippen LogP contribution >= 0.6 is 15.9 Å². The molecular formula is C15H10BrN3O. The molecule has 0 aliphatic rings. The molecule has 4 nitrogen and oxygen atoms in total. The van der Waals surface area contributed by atoms with Crippen LogP contribution in [0.5, 0.6) is 0 Å². The van der Waals surface area contributed by atoms with E-state index in [4.69, 9.17) is 0 Å². The highest BCUT2D eigenvalue weighted by Crippen LogP contribution is 2.20. The topological polar surface area (TPSA) is 54.9 Å². The van der Waals surface area contributed by atoms with Crippen LogP contribution in [0.3, 0.4) is 0 Å². The van der Waals surface area contributed by atoms with E-state index in [-0.39, 0.29) is 5.91 Å². The van der Waals surface area contributed by atoms with Crippen molar-refractivity contribution in [3.63, 3.8) is 0 Å². The third-order valence-electron chi connectivity index (χ3n) is 2.86. The van der Waals surface area contributed by atoms with E-state index in [1.807, 2.05) is 30.3 Å². The van der Waals surface area contributed by atoms with E-state index in [2.05, 4.69) is 31.2 Å². The molecule has 3 rings (SSSR count). The summed E-state index contributed by atoms with van der Waals surface area (Å²) in [7, 11) is 0. The van der Waals surface area contributed by atoms with Crippen molar-refractivity contribution in [2.75, 3.05) is 5.32 Å². The predicted molar refractivity (Wildman–Crippen MR) is 81.6 cm³/mol. The van der Waals surface area contributed by atoms with Gasteiger partial charge < -0.3 is 5.32 Å². The van der Waals surface area contributed by atoms with Crippen LogP contribution in [0.15, 0.2) is 59.3 Å². The lowest BCUT2D eigenvalue weighted by molar-refractivity contribution is 0.102. The van der Waals surface area contributed by atoms with Crippen molar-refractivity contribution in [2.45, 2.75) is 0 Å². The standard InChI is InChI=1S/C15H10BrN3O/c16-12-4-2-8-18-14(12)19-15(20)11-5-6-13-10(9-11)3-1-7-17-13/h1-9H,(H,18,19,20). The van der Waals surface area contributed by atoms with Gasteiger partial charge in [-0.05, 0) is 52.3 Å². The minimum Gasteiger partial charge on any atom is -0.306 e. The van der Waals surface area contributed by atoms with E-state index in [0.717, 1.165) is 15.4 Å². The van der Waals surface area contributed by atoms with Gasteiger partial charge in [-0.15, -0.1) is 0 Å². The van der Waals surface area contributed by atoms with Gasteiger partial charge in [0.25, 0.3) is 5.91 Å². The zero-order chi connectivity index (χ0) is 13.9. The predicted octanol–water partition coefficient (Wildman–Crippen LogP) is 3.64. The number of amides is 1. The Morgan fingerprint density at radius 2 is 1.85 bits per heavy atom. The van der Waals surface area contributed by atoms with Crippen molar-refractivity contribution in [1.29, 1.82) is 0 Å². The highest BCUT2D eigenvalue weighted by molar-refractivity contribution is 9.10. The number of halogens is 1. The number of anilines is 1. The Hall–Kier alpha value is -2.27. The fraction of sp³-hybridized carbons (Fsp3) is 0. The molecule has 0 bridgehead atoms. The summed E-state index contributed by atoms with van der Waals surface area (Å²) in [4.78, 5) is 20.6. The number of nitrogens with one attached hydrogen (secondary N) is 1. The number of carbonyl (C=O) groups is 1. The second-order valence-electron chi connectivity index (χ2n) is 4.20. The smallest absolute Gasteiger partial charge is 0.256 e. The van der Waals surface area contributed by atoms with E-state index in [1.54, 1.807) is 24.5 Å². The van der Waals surface area contributed by atoms with Crippen molar-refractivity contribution in [3.05, 3.63) is 64.9 Å². The maximum absolute atomic E-state index is 12.2. The molecule has 0 saturated heterocycles. The molecule has 2 heterocycles. The number of aromatic nitrogens is 2. The van der Waals surface area contributed by atoms with E-state index in [9.17, 15) is 4.79 Å². The third-order valence-corrected chi connectivity index (χ3v) is 3.50. The lowest BCUT2D eigenvalue weighted by Gasteiger charge is -2.06. The van der Waals surface area contributed by atoms with Gasteiger partial charge in [-0.3, -0.25) is 9.78 Å². The van der Waals surface area contributed by atoms with Gasteiger partial charge in [0, 0.05) is 23.3 Å². The lowest BCUT2D eigenvalue weighted by Crippen LogP contribution is -2.13. The zero-order valence-corrected chi connectivity index (χ0v) is 12.0. The molecule has 20 heavy (non-hydrogen) atoms. The average Bonchev–Trinajstić information content (AvgIpc) is 2.49. The van der Waals surface area contributed by atoms with Gasteiger partial charge in [0.05, 0.1) is 9.99 Å². The molecule has 1 amide bonds. The van der Waals surface area contributed by atoms with E-state index < -0.39 is 0 Å². The van der Waals surface area contributed by atoms with Crippen LogP contribution in [0, 0.1) is 0 Å². The van der Waals surface area contributed by atoms with Crippen molar-refractivity contribution < 1.29 is 4.79 Å². The first-order chi connectivity index (χ1) is 9.74. The van der Waals surface area contributed by atoms with Crippen molar-refractivity contribution in [1.82, 2.24) is 9.97 Å². The third kappa shape index (κ3) is 2.53. The summed E-state index contributed by atoms with van der Waals surface area (Å²) in [6.07, 6.45) is 3.36. The molecule has 0 unspecified atom stereocenters. The van der Waals surface area contributed by atoms with E-state index >= 15 is 0 Å². The summed E-state index contributed by atoms with van der Waals surface area (Å²) in [6.45, 7) is 0. The van der Waals surface area contributed by atoms with Gasteiger partial charge >= 0.3 is 0 Å². The molecule has 0 radical (unpaired) electrons. The van der Waals surface area contributed by atoms with Crippen LogP contribution in [0.4, 0.5) is 5.82 Å². The first-order valence-corrected chi connectivity index (χ1v) is 6.80. The van der Waals surface area contributed by atoms with Crippen LogP contribution in [-0.4, -0.2) is 15.9 Å². The van der Waals surface area contributed by atoms with Crippen molar-refractivity contribution >= 4 is 38.6 Å². The molecule has 98 valence electrons. The molecule has 1 N–H and O–H groups in total. The summed E-state index contributed by atoms with van der Waals surface area (Å²) >= 11 is 3.35. The van der Waals surface area contributed by atoms with Crippen LogP contribution < -0.4 is 5.32 Å². The number of fused-ring (bicyclic) bond motifs is 1. The normalized spacial score (nSPS) is 10.4. The number of nitrogens with zero attached hydrogens (tertiary/aromatic N) is 2. The summed E-state index contributed by atoms with van der Waals surface area (Å²) < 4.78 is 0.746. The lowest BCUT2D eigenvalue weighted by atomic mass is 10.1. The van der Waals surface area contributed by atoms with Gasteiger partial charge in [-0.2, -0.15) is 0 Å². The Bertz CT molecular complexity index is 789. The Morgan fingerprint density at radius 3 is 2.70 bits per heavy atom. The Morgan fingerprint density at radius 1 is 1.05 bits per heavy atom. The second kappa shape index (κ2) is 5.38. The quantitative estimate of drug-likeness (QED) is 0.781. The summed E-state index contributed by atoms with van der Waals surface area (Å²) in [5, 5.41) is 3.70. The van der Waals surface area contributed by atoms with E-state index in [0.29, 0.717) is 11.4 Å². The van der Waals surface area contributed by atoms with Crippen molar-refractivity contribution in [3.8, 4) is 0 Å². The van der Waals surface area contributed by atoms with Crippen LogP contribution in [0.1, 0.15) is 10.4 Å². The molecule has 0 atom stereocenters. The minimum atomic E-state index is -0.199. The molecule has 5 heteroatoms. The van der Waals surface area contributed by atoms with Gasteiger partial charge in [-0.1, -0.05) is 6.07 Å². The number of hydrogen-bond acceptors (Lipinski definition) is 3. The monoisotopic (exact) mass is 327 g/mol. The number of carbonyl (C=O) groups excluding carboxylic acids is 1. The second-order valence-corrected chi connectivity index (χ2v) is 5.05. The average molecular weight is 328 g/mol. The van der Waals surface area contributed by atoms with Gasteiger partial charge in [0.1, 0.15) is 5.82 Å². The summed E-state index contributed by atoms with van der Waals surface area (Å²) in [5.41, 5.74) is 1.44. The van der Waals surface area contributed by atoms with Gasteiger partial charge in [-0.25, -0.2) is 4.98 Å². The van der Waals surface area contributed by atoms with Gasteiger partial charge in [0.2, 0.25) is 0 Å². The summed E-state index contributed by atoms with van der Waals surface area (Å²) in [5.74, 6) is 0.305. The van der Waals surface area contributed by atoms with Gasteiger partial charge in [0.15, 0.2) is 0 Å². The Kier molecular flexibility index (Phi) is 3.43. The number of benzene rings is 1. The molecule has 0 spiro atoms. The van der Waals surface area contributed by atoms with Crippen molar-refractivity contribution in [2.24, 2.45) is 0 Å². The fourth-order valence-electron chi connectivity index (χ4n) is 1.87. The molecule has 2 aromatic heterocycles. The molecule has 0 fully saturated rings. The number of pyridine rings is 2. The summed E-state index contributed by atoms with van der Waals surface area (Å²) in [6, 6.07) is 12.8. The largest absolute Gasteiger partial charge is 0.306 e. The molecule has 1 aromatic carbocycles. The maximum Gasteiger partial charge on any atom is 0.256 e. The van der Waals surface area contributed by atoms with E-state index in [1.165, 1.54) is 0 Å². The molecule has 0 saturated carbocycles. The zero-order valence-electron chi connectivity index (χ0n) is 10.4. The van der Waals surface area contributed by atoms with Crippen LogP contribution in [-0.2, 0) is 0 Å². The molecule has 3 aromatic rings. The fourth-order valence-corrected chi connectivity index (χ4v) is 2.23. The maximum atomic E-state index is 12.2. The highest BCUT2D eigenvalue weighted by Gasteiger charge is 2.09.